The lowest BCUT2D eigenvalue weighted by Gasteiger charge is -2.16. The van der Waals surface area contributed by atoms with Crippen LogP contribution in [0.3, 0.4) is 0 Å². The standard InChI is InChI=1S/C24H19F2NO2/c1-27-21-10-6-5-9-19(21)22(29-24(25)26)20(23(27)28)15-16-11-13-18(14-12-16)17-7-3-2-4-8-17/h2-14,24H,15H2,1H3. The monoisotopic (exact) mass is 391 g/mol. The summed E-state index contributed by atoms with van der Waals surface area (Å²) in [5.74, 6) is -0.0502. The second-order valence-corrected chi connectivity index (χ2v) is 6.81. The minimum absolute atomic E-state index is 0.0502. The Hall–Kier alpha value is -3.47. The molecule has 0 aliphatic heterocycles. The Kier molecular flexibility index (Phi) is 5.12. The number of aryl methyl sites for hydroxylation is 1. The second-order valence-electron chi connectivity index (χ2n) is 6.81. The number of fused-ring (bicyclic) bond motifs is 1. The van der Waals surface area contributed by atoms with Gasteiger partial charge in [-0.1, -0.05) is 66.7 Å². The molecule has 0 radical (unpaired) electrons. The Bertz CT molecular complexity index is 1200. The van der Waals surface area contributed by atoms with Crippen molar-refractivity contribution in [1.29, 1.82) is 0 Å². The Morgan fingerprint density at radius 3 is 2.17 bits per heavy atom. The first-order valence-electron chi connectivity index (χ1n) is 9.24. The van der Waals surface area contributed by atoms with E-state index >= 15 is 0 Å². The van der Waals surface area contributed by atoms with Gasteiger partial charge in [0.15, 0.2) is 0 Å². The van der Waals surface area contributed by atoms with Crippen molar-refractivity contribution in [2.45, 2.75) is 13.0 Å². The lowest BCUT2D eigenvalue weighted by Crippen LogP contribution is -2.24. The smallest absolute Gasteiger partial charge is 0.387 e. The summed E-state index contributed by atoms with van der Waals surface area (Å²) in [4.78, 5) is 12.9. The summed E-state index contributed by atoms with van der Waals surface area (Å²) in [5, 5.41) is 0.491. The van der Waals surface area contributed by atoms with E-state index in [2.05, 4.69) is 0 Å². The van der Waals surface area contributed by atoms with E-state index in [-0.39, 0.29) is 23.3 Å². The van der Waals surface area contributed by atoms with Crippen LogP contribution in [0.4, 0.5) is 8.78 Å². The van der Waals surface area contributed by atoms with E-state index in [1.807, 2.05) is 54.6 Å². The quantitative estimate of drug-likeness (QED) is 0.456. The fourth-order valence-corrected chi connectivity index (χ4v) is 3.56. The van der Waals surface area contributed by atoms with Gasteiger partial charge in [0.05, 0.1) is 11.1 Å². The van der Waals surface area contributed by atoms with Crippen molar-refractivity contribution >= 4 is 10.9 Å². The van der Waals surface area contributed by atoms with Gasteiger partial charge in [-0.05, 0) is 28.8 Å². The summed E-state index contributed by atoms with van der Waals surface area (Å²) in [7, 11) is 1.64. The number of ether oxygens (including phenoxy) is 1. The normalized spacial score (nSPS) is 11.2. The SMILES string of the molecule is Cn1c(=O)c(Cc2ccc(-c3ccccc3)cc2)c(OC(F)F)c2ccccc21. The largest absolute Gasteiger partial charge is 0.434 e. The lowest BCUT2D eigenvalue weighted by atomic mass is 9.99. The number of para-hydroxylation sites is 1. The fraction of sp³-hybridized carbons (Fsp3) is 0.125. The molecule has 3 aromatic carbocycles. The van der Waals surface area contributed by atoms with Gasteiger partial charge in [-0.2, -0.15) is 8.78 Å². The van der Waals surface area contributed by atoms with Crippen molar-refractivity contribution < 1.29 is 13.5 Å². The van der Waals surface area contributed by atoms with E-state index < -0.39 is 6.61 Å². The van der Waals surface area contributed by atoms with Crippen LogP contribution in [0.15, 0.2) is 83.7 Å². The van der Waals surface area contributed by atoms with Crippen LogP contribution < -0.4 is 10.3 Å². The van der Waals surface area contributed by atoms with E-state index in [0.29, 0.717) is 10.9 Å². The van der Waals surface area contributed by atoms with Crippen molar-refractivity contribution in [3.63, 3.8) is 0 Å². The van der Waals surface area contributed by atoms with Gasteiger partial charge in [0.2, 0.25) is 0 Å². The Morgan fingerprint density at radius 1 is 0.862 bits per heavy atom. The summed E-state index contributed by atoms with van der Waals surface area (Å²) in [5.41, 5.74) is 3.41. The number of nitrogens with zero attached hydrogens (tertiary/aromatic N) is 1. The van der Waals surface area contributed by atoms with Crippen molar-refractivity contribution in [3.8, 4) is 16.9 Å². The third-order valence-corrected chi connectivity index (χ3v) is 5.00. The number of pyridine rings is 1. The first kappa shape index (κ1) is 18.9. The van der Waals surface area contributed by atoms with Crippen LogP contribution >= 0.6 is 0 Å². The Morgan fingerprint density at radius 2 is 1.48 bits per heavy atom. The van der Waals surface area contributed by atoms with E-state index in [4.69, 9.17) is 4.74 Å². The molecule has 0 spiro atoms. The molecule has 3 nitrogen and oxygen atoms in total. The highest BCUT2D eigenvalue weighted by Crippen LogP contribution is 2.30. The van der Waals surface area contributed by atoms with Gasteiger partial charge in [-0.25, -0.2) is 0 Å². The highest BCUT2D eigenvalue weighted by molar-refractivity contribution is 5.86. The maximum atomic E-state index is 13.1. The van der Waals surface area contributed by atoms with Crippen molar-refractivity contribution in [3.05, 3.63) is 100 Å². The maximum Gasteiger partial charge on any atom is 0.387 e. The van der Waals surface area contributed by atoms with Gasteiger partial charge in [0, 0.05) is 18.9 Å². The summed E-state index contributed by atoms with van der Waals surface area (Å²) in [6.07, 6.45) is 0.203. The van der Waals surface area contributed by atoms with Gasteiger partial charge >= 0.3 is 6.61 Å². The van der Waals surface area contributed by atoms with Crippen LogP contribution in [-0.4, -0.2) is 11.2 Å². The number of aromatic nitrogens is 1. The minimum Gasteiger partial charge on any atom is -0.434 e. The van der Waals surface area contributed by atoms with Crippen LogP contribution in [0.5, 0.6) is 5.75 Å². The molecule has 0 amide bonds. The molecule has 0 aliphatic carbocycles. The molecule has 0 saturated heterocycles. The molecule has 0 saturated carbocycles. The third-order valence-electron chi connectivity index (χ3n) is 5.00. The van der Waals surface area contributed by atoms with Crippen LogP contribution in [0.2, 0.25) is 0 Å². The first-order chi connectivity index (χ1) is 14.0. The number of rotatable bonds is 5. The van der Waals surface area contributed by atoms with Gasteiger partial charge in [0.25, 0.3) is 5.56 Å². The Labute approximate surface area is 166 Å². The summed E-state index contributed by atoms with van der Waals surface area (Å²) < 4.78 is 32.5. The zero-order valence-corrected chi connectivity index (χ0v) is 15.8. The van der Waals surface area contributed by atoms with Crippen LogP contribution in [0.1, 0.15) is 11.1 Å². The molecule has 0 fully saturated rings. The molecule has 146 valence electrons. The molecule has 1 aromatic heterocycles. The summed E-state index contributed by atoms with van der Waals surface area (Å²) in [6, 6.07) is 24.6. The molecule has 29 heavy (non-hydrogen) atoms. The summed E-state index contributed by atoms with van der Waals surface area (Å²) >= 11 is 0. The molecule has 5 heteroatoms. The molecular weight excluding hydrogens is 372 g/mol. The zero-order chi connectivity index (χ0) is 20.4. The van der Waals surface area contributed by atoms with Crippen molar-refractivity contribution in [2.75, 3.05) is 0 Å². The topological polar surface area (TPSA) is 31.2 Å². The number of hydrogen-bond donors (Lipinski definition) is 0. The van der Waals surface area contributed by atoms with E-state index in [9.17, 15) is 13.6 Å². The number of alkyl halides is 2. The van der Waals surface area contributed by atoms with Gasteiger partial charge in [-0.3, -0.25) is 4.79 Å². The Balaban J connectivity index is 1.77. The number of halogens is 2. The first-order valence-corrected chi connectivity index (χ1v) is 9.24. The molecule has 4 rings (SSSR count). The highest BCUT2D eigenvalue weighted by atomic mass is 19.3. The minimum atomic E-state index is -3.01. The van der Waals surface area contributed by atoms with Crippen molar-refractivity contribution in [1.82, 2.24) is 4.57 Å². The molecule has 0 N–H and O–H groups in total. The second kappa shape index (κ2) is 7.87. The number of benzene rings is 3. The predicted octanol–water partition coefficient (Wildman–Crippen LogP) is 5.40. The van der Waals surface area contributed by atoms with Gasteiger partial charge in [-0.15, -0.1) is 0 Å². The zero-order valence-electron chi connectivity index (χ0n) is 15.8. The van der Waals surface area contributed by atoms with Gasteiger partial charge < -0.3 is 9.30 Å². The lowest BCUT2D eigenvalue weighted by molar-refractivity contribution is -0.0494. The molecule has 0 bridgehead atoms. The third kappa shape index (κ3) is 3.76. The van der Waals surface area contributed by atoms with Gasteiger partial charge in [0.1, 0.15) is 5.75 Å². The fourth-order valence-electron chi connectivity index (χ4n) is 3.56. The van der Waals surface area contributed by atoms with E-state index in [0.717, 1.165) is 16.7 Å². The van der Waals surface area contributed by atoms with Crippen LogP contribution in [0.25, 0.3) is 22.0 Å². The van der Waals surface area contributed by atoms with Crippen molar-refractivity contribution in [2.24, 2.45) is 7.05 Å². The average molecular weight is 391 g/mol. The molecule has 0 atom stereocenters. The number of hydrogen-bond acceptors (Lipinski definition) is 2. The van der Waals surface area contributed by atoms with Crippen LogP contribution in [-0.2, 0) is 13.5 Å². The molecular formula is C24H19F2NO2. The van der Waals surface area contributed by atoms with E-state index in [1.165, 1.54) is 4.57 Å². The highest BCUT2D eigenvalue weighted by Gasteiger charge is 2.19. The summed E-state index contributed by atoms with van der Waals surface area (Å²) in [6.45, 7) is -3.01. The van der Waals surface area contributed by atoms with Crippen LogP contribution in [0, 0.1) is 0 Å². The van der Waals surface area contributed by atoms with E-state index in [1.54, 1.807) is 31.3 Å². The molecule has 0 aliphatic rings. The molecule has 4 aromatic rings. The predicted molar refractivity (Wildman–Crippen MR) is 111 cm³/mol. The average Bonchev–Trinajstić information content (AvgIpc) is 2.75. The maximum absolute atomic E-state index is 13.1. The molecule has 0 unspecified atom stereocenters. The molecule has 1 heterocycles.